The summed E-state index contributed by atoms with van der Waals surface area (Å²) in [6.07, 6.45) is -3.10. The Morgan fingerprint density at radius 1 is 1.20 bits per heavy atom. The Balaban J connectivity index is 0.00000320. The van der Waals surface area contributed by atoms with Gasteiger partial charge in [-0.1, -0.05) is 12.1 Å². The van der Waals surface area contributed by atoms with E-state index in [2.05, 4.69) is 56.4 Å². The predicted molar refractivity (Wildman–Crippen MR) is 123 cm³/mol. The predicted octanol–water partition coefficient (Wildman–Crippen LogP) is 3.65. The van der Waals surface area contributed by atoms with Crippen LogP contribution in [0.15, 0.2) is 35.5 Å². The number of piperazine rings is 1. The van der Waals surface area contributed by atoms with Gasteiger partial charge in [0.25, 0.3) is 0 Å². The summed E-state index contributed by atoms with van der Waals surface area (Å²) in [4.78, 5) is 8.88. The van der Waals surface area contributed by atoms with Gasteiger partial charge in [0, 0.05) is 57.2 Å². The van der Waals surface area contributed by atoms with Gasteiger partial charge >= 0.3 is 6.18 Å². The Hall–Kier alpha value is -1.98. The van der Waals surface area contributed by atoms with Gasteiger partial charge in [0.2, 0.25) is 0 Å². The fraction of sp³-hybridized carbons (Fsp3) is 0.500. The lowest BCUT2D eigenvalue weighted by atomic mass is 10.2. The van der Waals surface area contributed by atoms with Gasteiger partial charge in [0.05, 0.1) is 6.54 Å². The summed E-state index contributed by atoms with van der Waals surface area (Å²) in [5.41, 5.74) is 1.62. The number of anilines is 1. The number of aromatic nitrogens is 2. The Bertz CT molecular complexity index is 856. The van der Waals surface area contributed by atoms with E-state index in [4.69, 9.17) is 0 Å². The molecular formula is C20H28F3IN6. The standard InChI is InChI=1S/C20H27F3N6.HI/c1-4-24-19(25-13-16-14-27(3)26-18(16)20(21,22)23)29-10-8-28(9-11-29)17-7-5-6-15(2)12-17;/h5-7,12,14H,4,8-11,13H2,1-3H3,(H,24,25);1H. The fourth-order valence-electron chi connectivity index (χ4n) is 3.48. The van der Waals surface area contributed by atoms with Crippen molar-refractivity contribution >= 4 is 35.6 Å². The lowest BCUT2D eigenvalue weighted by Crippen LogP contribution is -2.52. The molecule has 10 heteroatoms. The van der Waals surface area contributed by atoms with Crippen LogP contribution in [0.5, 0.6) is 0 Å². The van der Waals surface area contributed by atoms with Crippen LogP contribution in [0.25, 0.3) is 0 Å². The van der Waals surface area contributed by atoms with Crippen molar-refractivity contribution in [2.45, 2.75) is 26.6 Å². The van der Waals surface area contributed by atoms with E-state index in [0.717, 1.165) is 26.2 Å². The molecule has 1 fully saturated rings. The molecule has 1 aromatic heterocycles. The number of nitrogens with zero attached hydrogens (tertiary/aromatic N) is 5. The van der Waals surface area contributed by atoms with Gasteiger partial charge < -0.3 is 15.1 Å². The molecule has 0 amide bonds. The quantitative estimate of drug-likeness (QED) is 0.369. The zero-order valence-electron chi connectivity index (χ0n) is 17.4. The summed E-state index contributed by atoms with van der Waals surface area (Å²) in [6.45, 7) is 7.76. The average molecular weight is 536 g/mol. The number of alkyl halides is 3. The fourth-order valence-corrected chi connectivity index (χ4v) is 3.48. The average Bonchev–Trinajstić information content (AvgIpc) is 3.06. The van der Waals surface area contributed by atoms with Gasteiger partial charge in [-0.05, 0) is 31.5 Å². The molecule has 166 valence electrons. The molecule has 0 spiro atoms. The molecule has 0 bridgehead atoms. The molecule has 0 radical (unpaired) electrons. The van der Waals surface area contributed by atoms with Crippen LogP contribution in [0.2, 0.25) is 0 Å². The zero-order chi connectivity index (χ0) is 21.0. The normalized spacial score (nSPS) is 15.2. The van der Waals surface area contributed by atoms with Crippen LogP contribution in [0.4, 0.5) is 18.9 Å². The van der Waals surface area contributed by atoms with Crippen molar-refractivity contribution in [2.24, 2.45) is 12.0 Å². The molecule has 0 saturated carbocycles. The maximum atomic E-state index is 13.2. The number of hydrogen-bond acceptors (Lipinski definition) is 3. The number of benzene rings is 1. The number of nitrogens with one attached hydrogen (secondary N) is 1. The zero-order valence-corrected chi connectivity index (χ0v) is 19.7. The highest BCUT2D eigenvalue weighted by molar-refractivity contribution is 14.0. The first-order valence-corrected chi connectivity index (χ1v) is 9.72. The summed E-state index contributed by atoms with van der Waals surface area (Å²) >= 11 is 0. The smallest absolute Gasteiger partial charge is 0.368 e. The molecule has 1 aliphatic rings. The minimum atomic E-state index is -4.48. The molecule has 1 N–H and O–H groups in total. The summed E-state index contributed by atoms with van der Waals surface area (Å²) in [5.74, 6) is 0.633. The number of aryl methyl sites for hydroxylation is 2. The Morgan fingerprint density at radius 3 is 2.50 bits per heavy atom. The van der Waals surface area contributed by atoms with Gasteiger partial charge in [-0.25, -0.2) is 4.99 Å². The number of aliphatic imine (C=N–C) groups is 1. The Morgan fingerprint density at radius 2 is 1.90 bits per heavy atom. The molecule has 1 aromatic carbocycles. The van der Waals surface area contributed by atoms with Gasteiger partial charge in [-0.2, -0.15) is 18.3 Å². The number of guanidine groups is 1. The molecule has 2 heterocycles. The summed E-state index contributed by atoms with van der Waals surface area (Å²) < 4.78 is 40.7. The maximum absolute atomic E-state index is 13.2. The maximum Gasteiger partial charge on any atom is 0.435 e. The van der Waals surface area contributed by atoms with Crippen LogP contribution in [0, 0.1) is 6.92 Å². The summed E-state index contributed by atoms with van der Waals surface area (Å²) in [7, 11) is 1.48. The van der Waals surface area contributed by atoms with Crippen LogP contribution >= 0.6 is 24.0 Å². The summed E-state index contributed by atoms with van der Waals surface area (Å²) in [5, 5.41) is 6.75. The van der Waals surface area contributed by atoms with Crippen LogP contribution in [0.1, 0.15) is 23.7 Å². The molecule has 3 rings (SSSR count). The molecule has 1 saturated heterocycles. The lowest BCUT2D eigenvalue weighted by Gasteiger charge is -2.37. The number of hydrogen-bond donors (Lipinski definition) is 1. The van der Waals surface area contributed by atoms with Crippen molar-refractivity contribution in [3.05, 3.63) is 47.3 Å². The van der Waals surface area contributed by atoms with Crippen molar-refractivity contribution in [3.63, 3.8) is 0 Å². The molecule has 2 aromatic rings. The second kappa shape index (κ2) is 10.4. The van der Waals surface area contributed by atoms with Crippen molar-refractivity contribution < 1.29 is 13.2 Å². The van der Waals surface area contributed by atoms with E-state index in [-0.39, 0.29) is 36.1 Å². The van der Waals surface area contributed by atoms with Crippen molar-refractivity contribution in [1.29, 1.82) is 0 Å². The first-order valence-electron chi connectivity index (χ1n) is 9.72. The summed E-state index contributed by atoms with van der Waals surface area (Å²) in [6, 6.07) is 8.39. The first kappa shape index (κ1) is 24.3. The second-order valence-electron chi connectivity index (χ2n) is 7.16. The highest BCUT2D eigenvalue weighted by atomic mass is 127. The minimum absolute atomic E-state index is 0. The molecule has 6 nitrogen and oxygen atoms in total. The molecular weight excluding hydrogens is 508 g/mol. The van der Waals surface area contributed by atoms with E-state index in [1.54, 1.807) is 0 Å². The molecule has 1 aliphatic heterocycles. The van der Waals surface area contributed by atoms with Crippen LogP contribution in [-0.4, -0.2) is 53.4 Å². The minimum Gasteiger partial charge on any atom is -0.368 e. The highest BCUT2D eigenvalue weighted by Crippen LogP contribution is 2.30. The molecule has 30 heavy (non-hydrogen) atoms. The van der Waals surface area contributed by atoms with Crippen molar-refractivity contribution in [1.82, 2.24) is 20.0 Å². The van der Waals surface area contributed by atoms with Crippen molar-refractivity contribution in [3.8, 4) is 0 Å². The van der Waals surface area contributed by atoms with E-state index in [9.17, 15) is 13.2 Å². The third-order valence-electron chi connectivity index (χ3n) is 4.85. The topological polar surface area (TPSA) is 48.7 Å². The van der Waals surface area contributed by atoms with Gasteiger partial charge in [0.1, 0.15) is 0 Å². The largest absolute Gasteiger partial charge is 0.435 e. The van der Waals surface area contributed by atoms with Gasteiger partial charge in [0.15, 0.2) is 11.7 Å². The molecule has 0 aliphatic carbocycles. The molecule has 0 atom stereocenters. The van der Waals surface area contributed by atoms with Gasteiger partial charge in [-0.3, -0.25) is 4.68 Å². The number of rotatable bonds is 4. The van der Waals surface area contributed by atoms with E-state index in [1.165, 1.54) is 29.2 Å². The van der Waals surface area contributed by atoms with Crippen LogP contribution in [0.3, 0.4) is 0 Å². The van der Waals surface area contributed by atoms with E-state index < -0.39 is 11.9 Å². The Kier molecular flexibility index (Phi) is 8.39. The third kappa shape index (κ3) is 6.02. The SMILES string of the molecule is CCNC(=NCc1cn(C)nc1C(F)(F)F)N1CCN(c2cccc(C)c2)CC1.I. The third-order valence-corrected chi connectivity index (χ3v) is 4.85. The van der Waals surface area contributed by atoms with Gasteiger partial charge in [-0.15, -0.1) is 24.0 Å². The first-order chi connectivity index (χ1) is 13.8. The monoisotopic (exact) mass is 536 g/mol. The van der Waals surface area contributed by atoms with Crippen molar-refractivity contribution in [2.75, 3.05) is 37.6 Å². The van der Waals surface area contributed by atoms with E-state index >= 15 is 0 Å². The lowest BCUT2D eigenvalue weighted by molar-refractivity contribution is -0.142. The Labute approximate surface area is 192 Å². The highest BCUT2D eigenvalue weighted by Gasteiger charge is 2.36. The van der Waals surface area contributed by atoms with Crippen LogP contribution in [-0.2, 0) is 19.8 Å². The van der Waals surface area contributed by atoms with E-state index in [0.29, 0.717) is 12.5 Å². The molecule has 0 unspecified atom stereocenters. The second-order valence-corrected chi connectivity index (χ2v) is 7.16. The van der Waals surface area contributed by atoms with Crippen LogP contribution < -0.4 is 10.2 Å². The van der Waals surface area contributed by atoms with E-state index in [1.807, 2.05) is 6.92 Å². The number of halogens is 4.